The molecule has 90 valence electrons. The molecule has 1 N–H and O–H groups in total. The molecule has 3 nitrogen and oxygen atoms in total. The largest absolute Gasteiger partial charge is 0.315 e. The highest BCUT2D eigenvalue weighted by Gasteiger charge is 2.18. The highest BCUT2D eigenvalue weighted by molar-refractivity contribution is 7.11. The van der Waals surface area contributed by atoms with Crippen LogP contribution < -0.4 is 5.32 Å². The SMILES string of the molecule is CNCc1cnc(CC2CCN(C)CC2)s1. The van der Waals surface area contributed by atoms with Crippen molar-refractivity contribution >= 4 is 11.3 Å². The van der Waals surface area contributed by atoms with E-state index in [2.05, 4.69) is 22.2 Å². The Kier molecular flexibility index (Phi) is 4.32. The first-order valence-corrected chi connectivity index (χ1v) is 6.86. The molecule has 0 aromatic carbocycles. The first-order valence-electron chi connectivity index (χ1n) is 6.04. The monoisotopic (exact) mass is 239 g/mol. The van der Waals surface area contributed by atoms with Crippen LogP contribution >= 0.6 is 11.3 Å². The zero-order valence-electron chi connectivity index (χ0n) is 10.2. The van der Waals surface area contributed by atoms with Crippen molar-refractivity contribution in [1.82, 2.24) is 15.2 Å². The second kappa shape index (κ2) is 5.75. The fourth-order valence-corrected chi connectivity index (χ4v) is 3.26. The summed E-state index contributed by atoms with van der Waals surface area (Å²) in [5, 5.41) is 4.49. The molecule has 0 aliphatic carbocycles. The maximum absolute atomic E-state index is 4.51. The third kappa shape index (κ3) is 3.27. The number of nitrogens with zero attached hydrogens (tertiary/aromatic N) is 2. The van der Waals surface area contributed by atoms with Crippen molar-refractivity contribution in [2.75, 3.05) is 27.2 Å². The first-order chi connectivity index (χ1) is 7.78. The fourth-order valence-electron chi connectivity index (χ4n) is 2.21. The minimum absolute atomic E-state index is 0.852. The van der Waals surface area contributed by atoms with Gasteiger partial charge in [0.15, 0.2) is 0 Å². The molecule has 16 heavy (non-hydrogen) atoms. The van der Waals surface area contributed by atoms with Gasteiger partial charge >= 0.3 is 0 Å². The van der Waals surface area contributed by atoms with Crippen molar-refractivity contribution < 1.29 is 0 Å². The van der Waals surface area contributed by atoms with Crippen LogP contribution in [0.2, 0.25) is 0 Å². The Bertz CT molecular complexity index is 316. The van der Waals surface area contributed by atoms with Crippen LogP contribution in [0.5, 0.6) is 0 Å². The maximum Gasteiger partial charge on any atom is 0.0930 e. The van der Waals surface area contributed by atoms with Crippen LogP contribution in [0, 0.1) is 5.92 Å². The van der Waals surface area contributed by atoms with Crippen molar-refractivity contribution in [3.8, 4) is 0 Å². The van der Waals surface area contributed by atoms with Crippen LogP contribution in [0.1, 0.15) is 22.7 Å². The highest BCUT2D eigenvalue weighted by Crippen LogP contribution is 2.23. The van der Waals surface area contributed by atoms with Crippen molar-refractivity contribution in [2.24, 2.45) is 5.92 Å². The maximum atomic E-state index is 4.51. The Morgan fingerprint density at radius 1 is 1.50 bits per heavy atom. The number of aromatic nitrogens is 1. The topological polar surface area (TPSA) is 28.2 Å². The number of rotatable bonds is 4. The molecule has 0 bridgehead atoms. The van der Waals surface area contributed by atoms with Gasteiger partial charge in [-0.25, -0.2) is 4.98 Å². The number of hydrogen-bond donors (Lipinski definition) is 1. The second-order valence-corrected chi connectivity index (χ2v) is 5.90. The van der Waals surface area contributed by atoms with Gasteiger partial charge in [0.1, 0.15) is 0 Å². The standard InChI is InChI=1S/C12H21N3S/c1-13-8-11-9-14-12(16-11)7-10-3-5-15(2)6-4-10/h9-10,13H,3-8H2,1-2H3. The summed E-state index contributed by atoms with van der Waals surface area (Å²) < 4.78 is 0. The van der Waals surface area contributed by atoms with E-state index in [-0.39, 0.29) is 0 Å². The molecule has 1 aromatic heterocycles. The van der Waals surface area contributed by atoms with E-state index in [1.807, 2.05) is 24.6 Å². The summed E-state index contributed by atoms with van der Waals surface area (Å²) in [6.07, 6.45) is 5.86. The van der Waals surface area contributed by atoms with Gasteiger partial charge < -0.3 is 10.2 Å². The average molecular weight is 239 g/mol. The quantitative estimate of drug-likeness (QED) is 0.867. The summed E-state index contributed by atoms with van der Waals surface area (Å²) in [6, 6.07) is 0. The van der Waals surface area contributed by atoms with Gasteiger partial charge in [-0.2, -0.15) is 0 Å². The van der Waals surface area contributed by atoms with Crippen LogP contribution in [-0.2, 0) is 13.0 Å². The van der Waals surface area contributed by atoms with Gasteiger partial charge in [-0.1, -0.05) is 0 Å². The molecular formula is C12H21N3S. The third-order valence-electron chi connectivity index (χ3n) is 3.25. The molecule has 1 saturated heterocycles. The molecule has 1 aliphatic heterocycles. The summed E-state index contributed by atoms with van der Waals surface area (Å²) >= 11 is 1.86. The lowest BCUT2D eigenvalue weighted by Gasteiger charge is -2.28. The molecule has 1 aromatic rings. The molecule has 0 atom stereocenters. The van der Waals surface area contributed by atoms with Gasteiger partial charge in [-0.05, 0) is 45.9 Å². The van der Waals surface area contributed by atoms with Crippen LogP contribution in [0.15, 0.2) is 6.20 Å². The zero-order chi connectivity index (χ0) is 11.4. The molecule has 1 fully saturated rings. The highest BCUT2D eigenvalue weighted by atomic mass is 32.1. The summed E-state index contributed by atoms with van der Waals surface area (Å²) in [5.41, 5.74) is 0. The number of likely N-dealkylation sites (tertiary alicyclic amines) is 1. The smallest absolute Gasteiger partial charge is 0.0930 e. The summed E-state index contributed by atoms with van der Waals surface area (Å²) in [4.78, 5) is 8.29. The Morgan fingerprint density at radius 3 is 2.94 bits per heavy atom. The number of hydrogen-bond acceptors (Lipinski definition) is 4. The molecule has 1 aliphatic rings. The van der Waals surface area contributed by atoms with Gasteiger partial charge in [0.25, 0.3) is 0 Å². The first kappa shape index (κ1) is 12.0. The summed E-state index contributed by atoms with van der Waals surface area (Å²) in [6.45, 7) is 3.45. The minimum atomic E-state index is 0.852. The van der Waals surface area contributed by atoms with Gasteiger partial charge in [0.2, 0.25) is 0 Å². The molecule has 0 radical (unpaired) electrons. The van der Waals surface area contributed by atoms with E-state index < -0.39 is 0 Å². The van der Waals surface area contributed by atoms with E-state index in [0.29, 0.717) is 0 Å². The Labute approximate surface area is 102 Å². The van der Waals surface area contributed by atoms with Crippen LogP contribution in [0.25, 0.3) is 0 Å². The molecule has 0 unspecified atom stereocenters. The molecule has 0 amide bonds. The lowest BCUT2D eigenvalue weighted by atomic mass is 9.94. The van der Waals surface area contributed by atoms with Crippen molar-refractivity contribution in [3.63, 3.8) is 0 Å². The minimum Gasteiger partial charge on any atom is -0.315 e. The van der Waals surface area contributed by atoms with Gasteiger partial charge in [-0.15, -0.1) is 11.3 Å². The second-order valence-electron chi connectivity index (χ2n) is 4.70. The van der Waals surface area contributed by atoms with E-state index in [0.717, 1.165) is 12.5 Å². The average Bonchev–Trinajstić information content (AvgIpc) is 2.70. The van der Waals surface area contributed by atoms with Crippen LogP contribution in [-0.4, -0.2) is 37.1 Å². The molecule has 2 rings (SSSR count). The third-order valence-corrected chi connectivity index (χ3v) is 4.27. The molecule has 4 heteroatoms. The summed E-state index contributed by atoms with van der Waals surface area (Å²) in [5.74, 6) is 0.852. The molecule has 2 heterocycles. The van der Waals surface area contributed by atoms with Crippen LogP contribution in [0.3, 0.4) is 0 Å². The number of piperidine rings is 1. The van der Waals surface area contributed by atoms with E-state index in [9.17, 15) is 0 Å². The van der Waals surface area contributed by atoms with Gasteiger partial charge in [-0.3, -0.25) is 0 Å². The van der Waals surface area contributed by atoms with Crippen LogP contribution in [0.4, 0.5) is 0 Å². The van der Waals surface area contributed by atoms with Gasteiger partial charge in [0.05, 0.1) is 5.01 Å². The molecule has 0 spiro atoms. The van der Waals surface area contributed by atoms with E-state index in [1.165, 1.54) is 42.2 Å². The Balaban J connectivity index is 1.83. The Morgan fingerprint density at radius 2 is 2.25 bits per heavy atom. The van der Waals surface area contributed by atoms with Crippen molar-refractivity contribution in [3.05, 3.63) is 16.1 Å². The van der Waals surface area contributed by atoms with E-state index in [4.69, 9.17) is 0 Å². The van der Waals surface area contributed by atoms with E-state index in [1.54, 1.807) is 0 Å². The number of nitrogens with one attached hydrogen (secondary N) is 1. The molecular weight excluding hydrogens is 218 g/mol. The van der Waals surface area contributed by atoms with E-state index >= 15 is 0 Å². The normalized spacial score (nSPS) is 19.1. The Hall–Kier alpha value is -0.450. The van der Waals surface area contributed by atoms with Crippen molar-refractivity contribution in [1.29, 1.82) is 0 Å². The zero-order valence-corrected chi connectivity index (χ0v) is 11.0. The van der Waals surface area contributed by atoms with Crippen molar-refractivity contribution in [2.45, 2.75) is 25.8 Å². The summed E-state index contributed by atoms with van der Waals surface area (Å²) in [7, 11) is 4.20. The molecule has 0 saturated carbocycles. The number of thiazole rings is 1. The van der Waals surface area contributed by atoms with Gasteiger partial charge in [0, 0.05) is 24.0 Å². The lowest BCUT2D eigenvalue weighted by molar-refractivity contribution is 0.219. The fraction of sp³-hybridized carbons (Fsp3) is 0.750. The predicted octanol–water partition coefficient (Wildman–Crippen LogP) is 1.75. The lowest BCUT2D eigenvalue weighted by Crippen LogP contribution is -2.30. The predicted molar refractivity (Wildman–Crippen MR) is 68.8 cm³/mol.